The maximum absolute atomic E-state index is 13.4. The number of aromatic nitrogens is 2. The summed E-state index contributed by atoms with van der Waals surface area (Å²) in [6, 6.07) is 14.4. The van der Waals surface area contributed by atoms with Crippen molar-refractivity contribution in [2.45, 2.75) is 53.2 Å². The Hall–Kier alpha value is -4.98. The Morgan fingerprint density at radius 1 is 1.00 bits per heavy atom. The van der Waals surface area contributed by atoms with E-state index in [2.05, 4.69) is 46.0 Å². The van der Waals surface area contributed by atoms with E-state index < -0.39 is 0 Å². The zero-order valence-electron chi connectivity index (χ0n) is 30.8. The van der Waals surface area contributed by atoms with Gasteiger partial charge in [-0.3, -0.25) is 24.4 Å². The molecule has 0 saturated carbocycles. The highest BCUT2D eigenvalue weighted by Gasteiger charge is 2.32. The quantitative estimate of drug-likeness (QED) is 0.167. The highest BCUT2D eigenvalue weighted by atomic mass is 16.5. The van der Waals surface area contributed by atoms with Crippen molar-refractivity contribution >= 4 is 16.7 Å². The van der Waals surface area contributed by atoms with Crippen LogP contribution in [0.3, 0.4) is 0 Å². The van der Waals surface area contributed by atoms with Gasteiger partial charge in [0.05, 0.1) is 31.2 Å². The van der Waals surface area contributed by atoms with Crippen molar-refractivity contribution in [2.75, 3.05) is 46.9 Å². The predicted octanol–water partition coefficient (Wildman–Crippen LogP) is 5.88. The standard InChI is InChI=1S/C41H48N6O4/c1-27-31-10-8-9-28(32(31)12-14-47(27)39(48)30(22-42)21-41(2,3)4)24-45-15-17-46(18-16-45)26-36-37(50-6)19-29(20-38(36)51-7)35-25-44(5)40(49)34-23-43-13-11-33(34)35/h8-11,13,19-21,23,25,27H,12,14-18,24,26H2,1-7H3. The lowest BCUT2D eigenvalue weighted by atomic mass is 9.88. The summed E-state index contributed by atoms with van der Waals surface area (Å²) in [5.41, 5.74) is 6.50. The van der Waals surface area contributed by atoms with Gasteiger partial charge in [-0.1, -0.05) is 45.0 Å². The van der Waals surface area contributed by atoms with Crippen molar-refractivity contribution in [1.82, 2.24) is 24.3 Å². The highest BCUT2D eigenvalue weighted by molar-refractivity contribution is 5.98. The molecule has 6 rings (SSSR count). The van der Waals surface area contributed by atoms with Crippen LogP contribution in [0.25, 0.3) is 21.9 Å². The number of piperazine rings is 1. The fraction of sp³-hybridized carbons (Fsp3) is 0.415. The van der Waals surface area contributed by atoms with Gasteiger partial charge in [0.1, 0.15) is 23.1 Å². The highest BCUT2D eigenvalue weighted by Crippen LogP contribution is 2.38. The predicted molar refractivity (Wildman–Crippen MR) is 200 cm³/mol. The molecule has 1 fully saturated rings. The lowest BCUT2D eigenvalue weighted by molar-refractivity contribution is -0.129. The van der Waals surface area contributed by atoms with Crippen LogP contribution in [0.4, 0.5) is 0 Å². The van der Waals surface area contributed by atoms with Gasteiger partial charge in [0.15, 0.2) is 0 Å². The van der Waals surface area contributed by atoms with Gasteiger partial charge in [0.25, 0.3) is 11.5 Å². The summed E-state index contributed by atoms with van der Waals surface area (Å²) < 4.78 is 13.5. The van der Waals surface area contributed by atoms with Crippen molar-refractivity contribution in [3.8, 4) is 28.7 Å². The average molecular weight is 689 g/mol. The molecule has 0 spiro atoms. The molecule has 10 heteroatoms. The Kier molecular flexibility index (Phi) is 10.3. The van der Waals surface area contributed by atoms with Crippen LogP contribution < -0.4 is 15.0 Å². The SMILES string of the molecule is COc1cc(-c2cn(C)c(=O)c3cnccc23)cc(OC)c1CN1CCN(Cc2cccc3c2CCN(C(=O)C(C#N)=CC(C)(C)C)C3C)CC1. The Bertz CT molecular complexity index is 2060. The molecular weight excluding hydrogens is 640 g/mol. The molecule has 10 nitrogen and oxygen atoms in total. The molecule has 1 atom stereocenters. The first-order valence-corrected chi connectivity index (χ1v) is 17.6. The van der Waals surface area contributed by atoms with Gasteiger partial charge in [-0.2, -0.15) is 5.26 Å². The summed E-state index contributed by atoms with van der Waals surface area (Å²) >= 11 is 0. The lowest BCUT2D eigenvalue weighted by Gasteiger charge is -2.38. The maximum atomic E-state index is 13.4. The molecule has 266 valence electrons. The second-order valence-electron chi connectivity index (χ2n) is 14.7. The number of aryl methyl sites for hydroxylation is 1. The monoisotopic (exact) mass is 688 g/mol. The number of allylic oxidation sites excluding steroid dienone is 1. The van der Waals surface area contributed by atoms with Crippen molar-refractivity contribution in [3.63, 3.8) is 0 Å². The number of carbonyl (C=O) groups excluding carboxylic acids is 1. The van der Waals surface area contributed by atoms with Gasteiger partial charge in [0.2, 0.25) is 0 Å². The van der Waals surface area contributed by atoms with Crippen LogP contribution in [-0.4, -0.2) is 77.1 Å². The number of nitriles is 1. The first kappa shape index (κ1) is 35.8. The van der Waals surface area contributed by atoms with Gasteiger partial charge < -0.3 is 18.9 Å². The summed E-state index contributed by atoms with van der Waals surface area (Å²) in [7, 11) is 5.12. The molecule has 2 aliphatic heterocycles. The van der Waals surface area contributed by atoms with Gasteiger partial charge in [-0.25, -0.2) is 0 Å². The number of amides is 1. The molecule has 1 unspecified atom stereocenters. The summed E-state index contributed by atoms with van der Waals surface area (Å²) in [4.78, 5) is 37.2. The molecule has 1 saturated heterocycles. The van der Waals surface area contributed by atoms with Gasteiger partial charge in [-0.05, 0) is 64.6 Å². The topological polar surface area (TPSA) is 104 Å². The largest absolute Gasteiger partial charge is 0.496 e. The van der Waals surface area contributed by atoms with Crippen molar-refractivity contribution in [3.05, 3.63) is 99.2 Å². The Balaban J connectivity index is 1.15. The van der Waals surface area contributed by atoms with E-state index in [1.165, 1.54) is 16.7 Å². The number of carbonyl (C=O) groups is 1. The number of methoxy groups -OCH3 is 2. The molecular formula is C41H48N6O4. The van der Waals surface area contributed by atoms with E-state index in [-0.39, 0.29) is 28.5 Å². The fourth-order valence-electron chi connectivity index (χ4n) is 7.51. The van der Waals surface area contributed by atoms with Gasteiger partial charge >= 0.3 is 0 Å². The Morgan fingerprint density at radius 3 is 2.29 bits per heavy atom. The van der Waals surface area contributed by atoms with Crippen LogP contribution in [-0.2, 0) is 31.4 Å². The average Bonchev–Trinajstić information content (AvgIpc) is 3.12. The zero-order chi connectivity index (χ0) is 36.4. The second-order valence-corrected chi connectivity index (χ2v) is 14.7. The van der Waals surface area contributed by atoms with E-state index in [0.29, 0.717) is 18.5 Å². The molecule has 4 aromatic rings. The van der Waals surface area contributed by atoms with Crippen LogP contribution in [0.2, 0.25) is 0 Å². The smallest absolute Gasteiger partial charge is 0.264 e. The zero-order valence-corrected chi connectivity index (χ0v) is 30.8. The van der Waals surface area contributed by atoms with E-state index in [1.807, 2.05) is 50.1 Å². The van der Waals surface area contributed by atoms with Gasteiger partial charge in [0, 0.05) is 77.0 Å². The lowest BCUT2D eigenvalue weighted by Crippen LogP contribution is -2.45. The first-order valence-electron chi connectivity index (χ1n) is 17.6. The number of benzene rings is 2. The third-order valence-electron chi connectivity index (χ3n) is 10.2. The number of nitrogens with zero attached hydrogens (tertiary/aromatic N) is 6. The van der Waals surface area contributed by atoms with Crippen LogP contribution >= 0.6 is 0 Å². The van der Waals surface area contributed by atoms with Crippen LogP contribution in [0.1, 0.15) is 56.0 Å². The van der Waals surface area contributed by atoms with Crippen LogP contribution in [0.5, 0.6) is 11.5 Å². The van der Waals surface area contributed by atoms with E-state index in [0.717, 1.165) is 72.7 Å². The minimum Gasteiger partial charge on any atom is -0.496 e. The van der Waals surface area contributed by atoms with Crippen molar-refractivity contribution in [2.24, 2.45) is 12.5 Å². The van der Waals surface area contributed by atoms with Crippen LogP contribution in [0, 0.1) is 16.7 Å². The minimum atomic E-state index is -0.253. The van der Waals surface area contributed by atoms with E-state index >= 15 is 0 Å². The van der Waals surface area contributed by atoms with E-state index in [9.17, 15) is 14.9 Å². The number of hydrogen-bond donors (Lipinski definition) is 0. The normalized spacial score (nSPS) is 17.3. The van der Waals surface area contributed by atoms with Crippen molar-refractivity contribution < 1.29 is 14.3 Å². The summed E-state index contributed by atoms with van der Waals surface area (Å²) in [6.45, 7) is 13.9. The number of rotatable bonds is 8. The third-order valence-corrected chi connectivity index (χ3v) is 10.2. The number of hydrogen-bond acceptors (Lipinski definition) is 8. The number of pyridine rings is 2. The third kappa shape index (κ3) is 7.41. The maximum Gasteiger partial charge on any atom is 0.264 e. The van der Waals surface area contributed by atoms with E-state index in [1.54, 1.807) is 44.3 Å². The summed E-state index contributed by atoms with van der Waals surface area (Å²) in [5, 5.41) is 11.2. The Morgan fingerprint density at radius 2 is 1.67 bits per heavy atom. The molecule has 0 N–H and O–H groups in total. The molecule has 1 amide bonds. The molecule has 4 heterocycles. The molecule has 0 bridgehead atoms. The summed E-state index contributed by atoms with van der Waals surface area (Å²) in [6.07, 6.45) is 7.73. The minimum absolute atomic E-state index is 0.0868. The Labute approximate surface area is 300 Å². The molecule has 0 radical (unpaired) electrons. The van der Waals surface area contributed by atoms with E-state index in [4.69, 9.17) is 9.47 Å². The first-order chi connectivity index (χ1) is 24.4. The molecule has 0 aliphatic carbocycles. The second kappa shape index (κ2) is 14.7. The number of ether oxygens (including phenoxy) is 2. The van der Waals surface area contributed by atoms with Gasteiger partial charge in [-0.15, -0.1) is 0 Å². The molecule has 51 heavy (non-hydrogen) atoms. The number of fused-ring (bicyclic) bond motifs is 2. The molecule has 2 aliphatic rings. The molecule has 2 aromatic heterocycles. The van der Waals surface area contributed by atoms with Crippen LogP contribution in [0.15, 0.2) is 71.4 Å². The summed E-state index contributed by atoms with van der Waals surface area (Å²) in [5.74, 6) is 1.31. The fourth-order valence-corrected chi connectivity index (χ4v) is 7.51. The molecule has 2 aromatic carbocycles. The van der Waals surface area contributed by atoms with Crippen molar-refractivity contribution in [1.29, 1.82) is 5.26 Å².